The summed E-state index contributed by atoms with van der Waals surface area (Å²) in [5.74, 6) is -0.306. The average Bonchev–Trinajstić information content (AvgIpc) is 2.80. The summed E-state index contributed by atoms with van der Waals surface area (Å²) < 4.78 is 6.19. The predicted molar refractivity (Wildman–Crippen MR) is 133 cm³/mol. The molecule has 0 atom stereocenters. The van der Waals surface area contributed by atoms with Gasteiger partial charge in [-0.2, -0.15) is 5.26 Å². The van der Waals surface area contributed by atoms with Gasteiger partial charge in [-0.05, 0) is 77.3 Å². The number of nitriles is 1. The normalized spacial score (nSPS) is 10.8. The molecule has 3 aromatic rings. The maximum Gasteiger partial charge on any atom is 0.266 e. The number of aryl methyl sites for hydroxylation is 2. The molecule has 166 valence electrons. The topological polar surface area (TPSA) is 91.2 Å². The highest BCUT2D eigenvalue weighted by Gasteiger charge is 2.12. The second kappa shape index (κ2) is 11.1. The Morgan fingerprint density at radius 1 is 1.03 bits per heavy atom. The molecule has 0 aliphatic heterocycles. The third-order valence-electron chi connectivity index (χ3n) is 4.72. The van der Waals surface area contributed by atoms with Crippen molar-refractivity contribution < 1.29 is 14.3 Å². The van der Waals surface area contributed by atoms with Crippen LogP contribution in [0.15, 0.2) is 76.8 Å². The van der Waals surface area contributed by atoms with Gasteiger partial charge in [0.2, 0.25) is 0 Å². The zero-order valence-corrected chi connectivity index (χ0v) is 19.8. The summed E-state index contributed by atoms with van der Waals surface area (Å²) in [6, 6.07) is 21.8. The summed E-state index contributed by atoms with van der Waals surface area (Å²) in [7, 11) is 0. The van der Waals surface area contributed by atoms with Crippen LogP contribution in [0.1, 0.15) is 16.7 Å². The molecule has 3 rings (SSSR count). The fourth-order valence-electron chi connectivity index (χ4n) is 2.92. The van der Waals surface area contributed by atoms with Crippen LogP contribution in [0.3, 0.4) is 0 Å². The molecule has 0 unspecified atom stereocenters. The molecule has 0 saturated heterocycles. The van der Waals surface area contributed by atoms with Crippen LogP contribution in [0.4, 0.5) is 11.4 Å². The monoisotopic (exact) mass is 503 g/mol. The molecule has 0 spiro atoms. The van der Waals surface area contributed by atoms with Crippen LogP contribution in [0.5, 0.6) is 5.75 Å². The van der Waals surface area contributed by atoms with Crippen LogP contribution in [0.25, 0.3) is 6.08 Å². The average molecular weight is 504 g/mol. The number of carbonyl (C=O) groups is 2. The van der Waals surface area contributed by atoms with Gasteiger partial charge in [0.15, 0.2) is 6.61 Å². The first kappa shape index (κ1) is 23.8. The molecule has 0 bridgehead atoms. The van der Waals surface area contributed by atoms with Crippen LogP contribution < -0.4 is 15.4 Å². The Balaban J connectivity index is 1.63. The van der Waals surface area contributed by atoms with Crippen LogP contribution >= 0.6 is 15.9 Å². The highest BCUT2D eigenvalue weighted by Crippen LogP contribution is 2.27. The Kier molecular flexibility index (Phi) is 8.01. The molecule has 3 aromatic carbocycles. The van der Waals surface area contributed by atoms with Crippen LogP contribution in [-0.2, 0) is 9.59 Å². The highest BCUT2D eigenvalue weighted by molar-refractivity contribution is 9.10. The van der Waals surface area contributed by atoms with Crippen molar-refractivity contribution >= 4 is 45.2 Å². The van der Waals surface area contributed by atoms with Crippen molar-refractivity contribution in [2.45, 2.75) is 13.8 Å². The number of rotatable bonds is 7. The van der Waals surface area contributed by atoms with E-state index in [4.69, 9.17) is 4.74 Å². The quantitative estimate of drug-likeness (QED) is 0.322. The first-order valence-corrected chi connectivity index (χ1v) is 10.9. The van der Waals surface area contributed by atoms with Gasteiger partial charge in [0.25, 0.3) is 11.8 Å². The number of benzene rings is 3. The van der Waals surface area contributed by atoms with E-state index in [1.54, 1.807) is 24.3 Å². The minimum atomic E-state index is -0.490. The number of para-hydroxylation sites is 1. The molecule has 2 amide bonds. The van der Waals surface area contributed by atoms with Gasteiger partial charge in [-0.15, -0.1) is 0 Å². The van der Waals surface area contributed by atoms with Crippen LogP contribution in [-0.4, -0.2) is 18.4 Å². The van der Waals surface area contributed by atoms with Crippen molar-refractivity contribution in [3.63, 3.8) is 0 Å². The molecule has 33 heavy (non-hydrogen) atoms. The Bertz CT molecular complexity index is 1240. The number of ether oxygens (including phenoxy) is 1. The number of hydrogen-bond acceptors (Lipinski definition) is 4. The molecular formula is C26H22BrN3O3. The van der Waals surface area contributed by atoms with Gasteiger partial charge in [-0.1, -0.05) is 42.0 Å². The molecule has 2 N–H and O–H groups in total. The highest BCUT2D eigenvalue weighted by atomic mass is 79.9. The molecule has 0 heterocycles. The maximum absolute atomic E-state index is 12.5. The third kappa shape index (κ3) is 6.79. The predicted octanol–water partition coefficient (Wildman–Crippen LogP) is 5.63. The van der Waals surface area contributed by atoms with Crippen molar-refractivity contribution in [3.8, 4) is 11.8 Å². The lowest BCUT2D eigenvalue weighted by atomic mass is 10.1. The fourth-order valence-corrected chi connectivity index (χ4v) is 3.43. The van der Waals surface area contributed by atoms with E-state index >= 15 is 0 Å². The molecule has 7 heteroatoms. The van der Waals surface area contributed by atoms with Gasteiger partial charge < -0.3 is 15.4 Å². The van der Waals surface area contributed by atoms with Gasteiger partial charge in [-0.3, -0.25) is 9.59 Å². The zero-order valence-electron chi connectivity index (χ0n) is 18.2. The van der Waals surface area contributed by atoms with E-state index < -0.39 is 5.91 Å². The molecule has 0 aromatic heterocycles. The summed E-state index contributed by atoms with van der Waals surface area (Å²) >= 11 is 3.41. The van der Waals surface area contributed by atoms with E-state index in [0.29, 0.717) is 27.2 Å². The Morgan fingerprint density at radius 2 is 1.76 bits per heavy atom. The second-order valence-electron chi connectivity index (χ2n) is 7.33. The van der Waals surface area contributed by atoms with E-state index in [1.165, 1.54) is 6.08 Å². The van der Waals surface area contributed by atoms with Crippen LogP contribution in [0.2, 0.25) is 0 Å². The minimum absolute atomic E-state index is 0.0312. The second-order valence-corrected chi connectivity index (χ2v) is 8.19. The fraction of sp³-hybridized carbons (Fsp3) is 0.115. The molecule has 0 saturated carbocycles. The summed E-state index contributed by atoms with van der Waals surface area (Å²) in [6.45, 7) is 3.69. The smallest absolute Gasteiger partial charge is 0.266 e. The lowest BCUT2D eigenvalue weighted by Crippen LogP contribution is -2.20. The van der Waals surface area contributed by atoms with Crippen molar-refractivity contribution in [1.82, 2.24) is 0 Å². The standard InChI is InChI=1S/C26H22BrN3O3/c1-17-7-10-21(11-8-17)29-25(31)16-33-24-12-9-19(14-22(24)27)13-20(15-28)26(32)30-23-6-4-3-5-18(23)2/h3-14H,16H2,1-2H3,(H,29,31)(H,30,32)/b20-13+. The largest absolute Gasteiger partial charge is 0.483 e. The van der Waals surface area contributed by atoms with Gasteiger partial charge >= 0.3 is 0 Å². The lowest BCUT2D eigenvalue weighted by molar-refractivity contribution is -0.118. The van der Waals surface area contributed by atoms with Crippen molar-refractivity contribution in [3.05, 3.63) is 93.5 Å². The van der Waals surface area contributed by atoms with E-state index in [0.717, 1.165) is 11.1 Å². The Hall–Kier alpha value is -3.89. The number of nitrogens with zero attached hydrogens (tertiary/aromatic N) is 1. The van der Waals surface area contributed by atoms with Crippen molar-refractivity contribution in [2.24, 2.45) is 0 Å². The molecule has 6 nitrogen and oxygen atoms in total. The maximum atomic E-state index is 12.5. The molecular weight excluding hydrogens is 482 g/mol. The summed E-state index contributed by atoms with van der Waals surface area (Å²) in [4.78, 5) is 24.7. The van der Waals surface area contributed by atoms with Gasteiger partial charge in [0.05, 0.1) is 4.47 Å². The number of nitrogens with one attached hydrogen (secondary N) is 2. The Morgan fingerprint density at radius 3 is 2.42 bits per heavy atom. The summed E-state index contributed by atoms with van der Waals surface area (Å²) in [5.41, 5.74) is 3.96. The molecule has 0 aliphatic carbocycles. The Labute approximate surface area is 201 Å². The number of anilines is 2. The molecule has 0 fully saturated rings. The molecule has 0 radical (unpaired) electrons. The van der Waals surface area contributed by atoms with E-state index in [9.17, 15) is 14.9 Å². The van der Waals surface area contributed by atoms with E-state index in [2.05, 4.69) is 26.6 Å². The van der Waals surface area contributed by atoms with Gasteiger partial charge in [0, 0.05) is 11.4 Å². The summed E-state index contributed by atoms with van der Waals surface area (Å²) in [5, 5.41) is 15.0. The first-order chi connectivity index (χ1) is 15.9. The number of hydrogen-bond donors (Lipinski definition) is 2. The zero-order chi connectivity index (χ0) is 23.8. The molecule has 0 aliphatic rings. The third-order valence-corrected chi connectivity index (χ3v) is 5.34. The van der Waals surface area contributed by atoms with E-state index in [1.807, 2.05) is 62.4 Å². The van der Waals surface area contributed by atoms with Crippen molar-refractivity contribution in [2.75, 3.05) is 17.2 Å². The van der Waals surface area contributed by atoms with Gasteiger partial charge in [0.1, 0.15) is 17.4 Å². The SMILES string of the molecule is Cc1ccc(NC(=O)COc2ccc(/C=C(\C#N)C(=O)Nc3ccccc3C)cc2Br)cc1. The van der Waals surface area contributed by atoms with Crippen molar-refractivity contribution in [1.29, 1.82) is 5.26 Å². The first-order valence-electron chi connectivity index (χ1n) is 10.1. The van der Waals surface area contributed by atoms with Crippen LogP contribution in [0, 0.1) is 25.2 Å². The number of amides is 2. The minimum Gasteiger partial charge on any atom is -0.483 e. The number of halogens is 1. The van der Waals surface area contributed by atoms with E-state index in [-0.39, 0.29) is 18.1 Å². The van der Waals surface area contributed by atoms with Gasteiger partial charge in [-0.25, -0.2) is 0 Å². The summed E-state index contributed by atoms with van der Waals surface area (Å²) in [6.07, 6.45) is 1.49. The number of carbonyl (C=O) groups excluding carboxylic acids is 2. The lowest BCUT2D eigenvalue weighted by Gasteiger charge is -2.10.